The number of hydrogen-bond acceptors (Lipinski definition) is 5. The highest BCUT2D eigenvalue weighted by molar-refractivity contribution is 7.89. The highest BCUT2D eigenvalue weighted by Crippen LogP contribution is 2.26. The van der Waals surface area contributed by atoms with Crippen LogP contribution in [0.25, 0.3) is 0 Å². The number of carbonyl (C=O) groups is 1. The van der Waals surface area contributed by atoms with E-state index in [-0.39, 0.29) is 22.9 Å². The number of piperidine rings is 1. The monoisotopic (exact) mass is 493 g/mol. The average Bonchev–Trinajstić information content (AvgIpc) is 2.88. The summed E-state index contributed by atoms with van der Waals surface area (Å²) in [5, 5.41) is 2.97. The summed E-state index contributed by atoms with van der Waals surface area (Å²) in [6.07, 6.45) is 4.45. The Morgan fingerprint density at radius 3 is 2.71 bits per heavy atom. The molecule has 7 nitrogen and oxygen atoms in total. The zero-order chi connectivity index (χ0) is 24.8. The minimum Gasteiger partial charge on any atom is -0.487 e. The number of pyridine rings is 1. The van der Waals surface area contributed by atoms with Crippen LogP contribution in [0.3, 0.4) is 0 Å². The van der Waals surface area contributed by atoms with Gasteiger partial charge in [-0.2, -0.15) is 4.31 Å². The lowest BCUT2D eigenvalue weighted by atomic mass is 10.1. The lowest BCUT2D eigenvalue weighted by Gasteiger charge is -2.32. The van der Waals surface area contributed by atoms with Crippen LogP contribution in [0.4, 0.5) is 0 Å². The first-order valence-electron chi connectivity index (χ1n) is 11.9. The molecule has 3 aromatic rings. The van der Waals surface area contributed by atoms with E-state index in [2.05, 4.69) is 10.3 Å². The van der Waals surface area contributed by atoms with Crippen molar-refractivity contribution in [2.75, 3.05) is 6.54 Å². The molecule has 0 aliphatic carbocycles. The zero-order valence-corrected chi connectivity index (χ0v) is 20.9. The summed E-state index contributed by atoms with van der Waals surface area (Å²) in [5.74, 6) is 0.346. The van der Waals surface area contributed by atoms with E-state index < -0.39 is 10.0 Å². The molecule has 2 atom stereocenters. The molecular formula is C27H31N3O4S. The first-order chi connectivity index (χ1) is 16.8. The summed E-state index contributed by atoms with van der Waals surface area (Å²) in [6.45, 7) is 4.67. The van der Waals surface area contributed by atoms with Gasteiger partial charge in [0.15, 0.2) is 0 Å². The third-order valence-corrected chi connectivity index (χ3v) is 8.27. The molecule has 2 aromatic carbocycles. The molecular weight excluding hydrogens is 462 g/mol. The fraction of sp³-hybridized carbons (Fsp3) is 0.333. The second-order valence-corrected chi connectivity index (χ2v) is 10.8. The van der Waals surface area contributed by atoms with Gasteiger partial charge in [0.25, 0.3) is 5.91 Å². The molecule has 184 valence electrons. The SMILES string of the molecule is CC(NC(=O)c1cccc(S(=O)(=O)N2CCCCC2C)c1)c1cccc(OCc2ccccn2)c1. The smallest absolute Gasteiger partial charge is 0.251 e. The fourth-order valence-corrected chi connectivity index (χ4v) is 5.99. The van der Waals surface area contributed by atoms with Crippen molar-refractivity contribution in [3.05, 3.63) is 89.7 Å². The number of nitrogens with one attached hydrogen (secondary N) is 1. The molecule has 1 aliphatic rings. The van der Waals surface area contributed by atoms with Crippen LogP contribution in [0.5, 0.6) is 5.75 Å². The highest BCUT2D eigenvalue weighted by Gasteiger charge is 2.31. The molecule has 35 heavy (non-hydrogen) atoms. The predicted octanol–water partition coefficient (Wildman–Crippen LogP) is 4.71. The van der Waals surface area contributed by atoms with Gasteiger partial charge >= 0.3 is 0 Å². The zero-order valence-electron chi connectivity index (χ0n) is 20.1. The Morgan fingerprint density at radius 1 is 1.11 bits per heavy atom. The number of amides is 1. The molecule has 0 saturated carbocycles. The van der Waals surface area contributed by atoms with E-state index in [4.69, 9.17) is 4.74 Å². The van der Waals surface area contributed by atoms with Crippen molar-refractivity contribution in [1.29, 1.82) is 0 Å². The number of nitrogens with zero attached hydrogens (tertiary/aromatic N) is 2. The lowest BCUT2D eigenvalue weighted by molar-refractivity contribution is 0.0939. The van der Waals surface area contributed by atoms with Gasteiger partial charge in [-0.3, -0.25) is 9.78 Å². The molecule has 1 aromatic heterocycles. The number of rotatable bonds is 8. The first-order valence-corrected chi connectivity index (χ1v) is 13.3. The Labute approximate surface area is 207 Å². The van der Waals surface area contributed by atoms with E-state index in [0.717, 1.165) is 30.5 Å². The Kier molecular flexibility index (Phi) is 7.83. The van der Waals surface area contributed by atoms with Gasteiger partial charge in [-0.1, -0.05) is 30.7 Å². The van der Waals surface area contributed by atoms with Crippen LogP contribution in [0.2, 0.25) is 0 Å². The standard InChI is InChI=1S/C27H31N3O4S/c1-20-9-4-6-16-30(20)35(32,33)26-14-8-11-23(18-26)27(31)29-21(2)22-10-7-13-25(17-22)34-19-24-12-3-5-15-28-24/h3,5,7-8,10-15,17-18,20-21H,4,6,9,16,19H2,1-2H3,(H,29,31). The molecule has 2 heterocycles. The average molecular weight is 494 g/mol. The Bertz CT molecular complexity index is 1260. The minimum atomic E-state index is -3.65. The van der Waals surface area contributed by atoms with Gasteiger partial charge in [-0.15, -0.1) is 0 Å². The van der Waals surface area contributed by atoms with Gasteiger partial charge in [-0.05, 0) is 74.7 Å². The van der Waals surface area contributed by atoms with Crippen LogP contribution in [0, 0.1) is 0 Å². The summed E-state index contributed by atoms with van der Waals surface area (Å²) >= 11 is 0. The van der Waals surface area contributed by atoms with Gasteiger partial charge in [0.2, 0.25) is 10.0 Å². The van der Waals surface area contributed by atoms with Crippen LogP contribution in [0.1, 0.15) is 60.8 Å². The Hall–Kier alpha value is -3.23. The Morgan fingerprint density at radius 2 is 1.94 bits per heavy atom. The number of carbonyl (C=O) groups excluding carboxylic acids is 1. The van der Waals surface area contributed by atoms with Crippen LogP contribution >= 0.6 is 0 Å². The summed E-state index contributed by atoms with van der Waals surface area (Å²) in [5.41, 5.74) is 2.01. The molecule has 8 heteroatoms. The van der Waals surface area contributed by atoms with E-state index in [1.54, 1.807) is 28.7 Å². The van der Waals surface area contributed by atoms with Crippen molar-refractivity contribution < 1.29 is 17.9 Å². The molecule has 0 radical (unpaired) electrons. The molecule has 1 fully saturated rings. The lowest BCUT2D eigenvalue weighted by Crippen LogP contribution is -2.42. The van der Waals surface area contributed by atoms with Crippen molar-refractivity contribution in [3.63, 3.8) is 0 Å². The number of hydrogen-bond donors (Lipinski definition) is 1. The second-order valence-electron chi connectivity index (χ2n) is 8.87. The third-order valence-electron chi connectivity index (χ3n) is 6.26. The van der Waals surface area contributed by atoms with Crippen molar-refractivity contribution in [3.8, 4) is 5.75 Å². The van der Waals surface area contributed by atoms with Crippen molar-refractivity contribution in [2.45, 2.75) is 56.7 Å². The van der Waals surface area contributed by atoms with Gasteiger partial charge in [-0.25, -0.2) is 8.42 Å². The molecule has 1 N–H and O–H groups in total. The molecule has 1 amide bonds. The van der Waals surface area contributed by atoms with Crippen LogP contribution in [-0.2, 0) is 16.6 Å². The van der Waals surface area contributed by atoms with Gasteiger partial charge in [0.1, 0.15) is 12.4 Å². The first kappa shape index (κ1) is 24.9. The van der Waals surface area contributed by atoms with Gasteiger partial charge in [0.05, 0.1) is 16.6 Å². The molecule has 1 saturated heterocycles. The summed E-state index contributed by atoms with van der Waals surface area (Å²) in [7, 11) is -3.65. The number of benzene rings is 2. The molecule has 1 aliphatic heterocycles. The van der Waals surface area contributed by atoms with E-state index in [1.807, 2.05) is 56.3 Å². The highest BCUT2D eigenvalue weighted by atomic mass is 32.2. The quantitative estimate of drug-likeness (QED) is 0.491. The maximum Gasteiger partial charge on any atom is 0.251 e. The van der Waals surface area contributed by atoms with Crippen molar-refractivity contribution >= 4 is 15.9 Å². The summed E-state index contributed by atoms with van der Waals surface area (Å²) < 4.78 is 33.8. The maximum atomic E-state index is 13.2. The van der Waals surface area contributed by atoms with Crippen molar-refractivity contribution in [2.24, 2.45) is 0 Å². The fourth-order valence-electron chi connectivity index (χ4n) is 4.24. The number of aromatic nitrogens is 1. The topological polar surface area (TPSA) is 88.6 Å². The second kappa shape index (κ2) is 11.0. The summed E-state index contributed by atoms with van der Waals surface area (Å²) in [4.78, 5) is 17.4. The van der Waals surface area contributed by atoms with E-state index in [1.165, 1.54) is 6.07 Å². The third kappa shape index (κ3) is 6.07. The number of ether oxygens (including phenoxy) is 1. The van der Waals surface area contributed by atoms with Gasteiger partial charge in [0, 0.05) is 24.3 Å². The predicted molar refractivity (Wildman–Crippen MR) is 135 cm³/mol. The van der Waals surface area contributed by atoms with Crippen LogP contribution in [0.15, 0.2) is 77.8 Å². The molecule has 0 bridgehead atoms. The van der Waals surface area contributed by atoms with E-state index >= 15 is 0 Å². The number of sulfonamides is 1. The summed E-state index contributed by atoms with van der Waals surface area (Å²) in [6, 6.07) is 19.1. The normalized spacial score (nSPS) is 17.5. The Balaban J connectivity index is 1.43. The van der Waals surface area contributed by atoms with E-state index in [0.29, 0.717) is 24.5 Å². The molecule has 0 spiro atoms. The molecule has 2 unspecified atom stereocenters. The van der Waals surface area contributed by atoms with Crippen molar-refractivity contribution in [1.82, 2.24) is 14.6 Å². The van der Waals surface area contributed by atoms with Crippen LogP contribution < -0.4 is 10.1 Å². The molecule has 4 rings (SSSR count). The minimum absolute atomic E-state index is 0.0431. The van der Waals surface area contributed by atoms with Crippen LogP contribution in [-0.4, -0.2) is 36.2 Å². The largest absolute Gasteiger partial charge is 0.487 e. The van der Waals surface area contributed by atoms with E-state index in [9.17, 15) is 13.2 Å². The van der Waals surface area contributed by atoms with Gasteiger partial charge < -0.3 is 10.1 Å². The maximum absolute atomic E-state index is 13.2.